The summed E-state index contributed by atoms with van der Waals surface area (Å²) >= 11 is 5.97. The second-order valence-corrected chi connectivity index (χ2v) is 4.98. The summed E-state index contributed by atoms with van der Waals surface area (Å²) in [6, 6.07) is 9.16. The van der Waals surface area contributed by atoms with Gasteiger partial charge in [-0.15, -0.1) is 0 Å². The number of carbonyl (C=O) groups is 1. The third kappa shape index (κ3) is 3.99. The zero-order valence-corrected chi connectivity index (χ0v) is 12.8. The van der Waals surface area contributed by atoms with Crippen molar-refractivity contribution >= 4 is 23.3 Å². The van der Waals surface area contributed by atoms with Crippen molar-refractivity contribution in [1.29, 1.82) is 5.26 Å². The van der Waals surface area contributed by atoms with Crippen molar-refractivity contribution in [2.45, 2.75) is 12.8 Å². The zero-order valence-electron chi connectivity index (χ0n) is 12.0. The molecule has 2 aromatic rings. The number of benzene rings is 1. The van der Waals surface area contributed by atoms with Crippen LogP contribution in [0.3, 0.4) is 0 Å². The number of para-hydroxylation sites is 1. The minimum atomic E-state index is -0.192. The smallest absolute Gasteiger partial charge is 0.225 e. The molecule has 1 N–H and O–H groups in total. The van der Waals surface area contributed by atoms with E-state index in [0.717, 1.165) is 0 Å². The molecule has 1 aromatic heterocycles. The molecule has 0 unspecified atom stereocenters. The number of nitrogens with zero attached hydrogens (tertiary/aromatic N) is 3. The van der Waals surface area contributed by atoms with Crippen LogP contribution in [-0.2, 0) is 11.8 Å². The standard InChI is InChI=1S/C15H15ClN4O2/c1-20-15(11(9-17)10-18-20)19-14(21)7-4-8-22-13-6-3-2-5-12(13)16/h2-3,5-6,10H,4,7-8H2,1H3,(H,19,21). The highest BCUT2D eigenvalue weighted by Gasteiger charge is 2.11. The Morgan fingerprint density at radius 2 is 2.27 bits per heavy atom. The van der Waals surface area contributed by atoms with Gasteiger partial charge in [-0.1, -0.05) is 23.7 Å². The fourth-order valence-corrected chi connectivity index (χ4v) is 2.03. The number of hydrogen-bond acceptors (Lipinski definition) is 4. The summed E-state index contributed by atoms with van der Waals surface area (Å²) in [6.45, 7) is 0.383. The van der Waals surface area contributed by atoms with E-state index < -0.39 is 0 Å². The molecule has 0 fully saturated rings. The molecule has 7 heteroatoms. The second kappa shape index (κ2) is 7.48. The van der Waals surface area contributed by atoms with Crippen LogP contribution in [-0.4, -0.2) is 22.3 Å². The lowest BCUT2D eigenvalue weighted by Gasteiger charge is -2.08. The number of amides is 1. The lowest BCUT2D eigenvalue weighted by atomic mass is 10.3. The van der Waals surface area contributed by atoms with Gasteiger partial charge >= 0.3 is 0 Å². The van der Waals surface area contributed by atoms with E-state index in [-0.39, 0.29) is 12.3 Å². The number of aromatic nitrogens is 2. The molecule has 22 heavy (non-hydrogen) atoms. The van der Waals surface area contributed by atoms with Crippen molar-refractivity contribution in [3.8, 4) is 11.8 Å². The largest absolute Gasteiger partial charge is 0.492 e. The number of carbonyl (C=O) groups excluding carboxylic acids is 1. The zero-order chi connectivity index (χ0) is 15.9. The molecule has 1 amide bonds. The number of hydrogen-bond donors (Lipinski definition) is 1. The highest BCUT2D eigenvalue weighted by Crippen LogP contribution is 2.23. The minimum Gasteiger partial charge on any atom is -0.492 e. The Kier molecular flexibility index (Phi) is 5.39. The number of rotatable bonds is 6. The molecule has 0 saturated heterocycles. The maximum Gasteiger partial charge on any atom is 0.225 e. The fraction of sp³-hybridized carbons (Fsp3) is 0.267. The Hall–Kier alpha value is -2.52. The average molecular weight is 319 g/mol. The van der Waals surface area contributed by atoms with E-state index >= 15 is 0 Å². The van der Waals surface area contributed by atoms with Gasteiger partial charge in [0.05, 0.1) is 17.8 Å². The van der Waals surface area contributed by atoms with Gasteiger partial charge in [-0.2, -0.15) is 10.4 Å². The van der Waals surface area contributed by atoms with Gasteiger partial charge in [-0.25, -0.2) is 0 Å². The summed E-state index contributed by atoms with van der Waals surface area (Å²) in [5, 5.41) is 16.1. The molecule has 0 atom stereocenters. The van der Waals surface area contributed by atoms with Crippen LogP contribution in [0.5, 0.6) is 5.75 Å². The first-order valence-electron chi connectivity index (χ1n) is 6.71. The number of nitrogens with one attached hydrogen (secondary N) is 1. The summed E-state index contributed by atoms with van der Waals surface area (Å²) in [6.07, 6.45) is 2.23. The molecule has 0 bridgehead atoms. The van der Waals surface area contributed by atoms with E-state index in [2.05, 4.69) is 10.4 Å². The Balaban J connectivity index is 1.78. The van der Waals surface area contributed by atoms with E-state index in [4.69, 9.17) is 21.6 Å². The molecule has 0 spiro atoms. The molecular weight excluding hydrogens is 304 g/mol. The third-order valence-corrected chi connectivity index (χ3v) is 3.27. The number of halogens is 1. The van der Waals surface area contributed by atoms with E-state index in [9.17, 15) is 4.79 Å². The van der Waals surface area contributed by atoms with E-state index in [1.165, 1.54) is 10.9 Å². The molecule has 0 aliphatic heterocycles. The maximum atomic E-state index is 11.9. The predicted octanol–water partition coefficient (Wildman–Crippen LogP) is 2.74. The van der Waals surface area contributed by atoms with Gasteiger partial charge in [0.2, 0.25) is 5.91 Å². The Labute approximate surface area is 133 Å². The van der Waals surface area contributed by atoms with Crippen LogP contribution in [0.25, 0.3) is 0 Å². The van der Waals surface area contributed by atoms with Crippen LogP contribution in [0.1, 0.15) is 18.4 Å². The van der Waals surface area contributed by atoms with Crippen molar-refractivity contribution in [2.75, 3.05) is 11.9 Å². The lowest BCUT2D eigenvalue weighted by molar-refractivity contribution is -0.116. The summed E-state index contributed by atoms with van der Waals surface area (Å²) < 4.78 is 6.96. The van der Waals surface area contributed by atoms with Crippen molar-refractivity contribution in [1.82, 2.24) is 9.78 Å². The SMILES string of the molecule is Cn1ncc(C#N)c1NC(=O)CCCOc1ccccc1Cl. The Morgan fingerprint density at radius 3 is 3.00 bits per heavy atom. The molecule has 0 radical (unpaired) electrons. The monoisotopic (exact) mass is 318 g/mol. The Morgan fingerprint density at radius 1 is 1.50 bits per heavy atom. The van der Waals surface area contributed by atoms with Gasteiger partial charge in [-0.05, 0) is 18.6 Å². The first kappa shape index (κ1) is 15.9. The Bertz CT molecular complexity index is 706. The summed E-state index contributed by atoms with van der Waals surface area (Å²) in [4.78, 5) is 11.9. The van der Waals surface area contributed by atoms with Crippen molar-refractivity contribution in [3.05, 3.63) is 41.0 Å². The minimum absolute atomic E-state index is 0.192. The van der Waals surface area contributed by atoms with E-state index in [1.807, 2.05) is 18.2 Å². The number of nitriles is 1. The number of anilines is 1. The van der Waals surface area contributed by atoms with Gasteiger partial charge in [0.1, 0.15) is 23.2 Å². The third-order valence-electron chi connectivity index (χ3n) is 2.96. The first-order chi connectivity index (χ1) is 10.6. The van der Waals surface area contributed by atoms with Crippen LogP contribution >= 0.6 is 11.6 Å². The van der Waals surface area contributed by atoms with Crippen molar-refractivity contribution in [3.63, 3.8) is 0 Å². The molecule has 1 heterocycles. The van der Waals surface area contributed by atoms with Gasteiger partial charge in [0.25, 0.3) is 0 Å². The van der Waals surface area contributed by atoms with Crippen LogP contribution in [0, 0.1) is 11.3 Å². The number of aryl methyl sites for hydroxylation is 1. The summed E-state index contributed by atoms with van der Waals surface area (Å²) in [7, 11) is 1.66. The quantitative estimate of drug-likeness (QED) is 0.830. The van der Waals surface area contributed by atoms with Crippen LogP contribution in [0.2, 0.25) is 5.02 Å². The topological polar surface area (TPSA) is 79.9 Å². The molecule has 6 nitrogen and oxygen atoms in total. The first-order valence-corrected chi connectivity index (χ1v) is 7.09. The maximum absolute atomic E-state index is 11.9. The van der Waals surface area contributed by atoms with E-state index in [0.29, 0.717) is 35.2 Å². The summed E-state index contributed by atoms with van der Waals surface area (Å²) in [5.74, 6) is 0.811. The highest BCUT2D eigenvalue weighted by molar-refractivity contribution is 6.32. The lowest BCUT2D eigenvalue weighted by Crippen LogP contribution is -2.16. The van der Waals surface area contributed by atoms with Gasteiger partial charge in [-0.3, -0.25) is 9.48 Å². The fourth-order valence-electron chi connectivity index (χ4n) is 1.84. The molecule has 0 saturated carbocycles. The normalized spacial score (nSPS) is 10.0. The molecule has 2 rings (SSSR count). The van der Waals surface area contributed by atoms with Gasteiger partial charge in [0.15, 0.2) is 0 Å². The van der Waals surface area contributed by atoms with Gasteiger partial charge in [0, 0.05) is 13.5 Å². The molecule has 114 valence electrons. The van der Waals surface area contributed by atoms with Crippen LogP contribution in [0.4, 0.5) is 5.82 Å². The molecular formula is C15H15ClN4O2. The molecule has 0 aliphatic carbocycles. The van der Waals surface area contributed by atoms with Crippen LogP contribution in [0.15, 0.2) is 30.5 Å². The molecule has 1 aromatic carbocycles. The van der Waals surface area contributed by atoms with E-state index in [1.54, 1.807) is 19.2 Å². The highest BCUT2D eigenvalue weighted by atomic mass is 35.5. The molecule has 0 aliphatic rings. The predicted molar refractivity (Wildman–Crippen MR) is 82.7 cm³/mol. The van der Waals surface area contributed by atoms with Crippen LogP contribution < -0.4 is 10.1 Å². The number of ether oxygens (including phenoxy) is 1. The summed E-state index contributed by atoms with van der Waals surface area (Å²) in [5.41, 5.74) is 0.336. The average Bonchev–Trinajstić information content (AvgIpc) is 2.86. The van der Waals surface area contributed by atoms with Gasteiger partial charge < -0.3 is 10.1 Å². The van der Waals surface area contributed by atoms with Crippen molar-refractivity contribution in [2.24, 2.45) is 7.05 Å². The van der Waals surface area contributed by atoms with Crippen molar-refractivity contribution < 1.29 is 9.53 Å². The second-order valence-electron chi connectivity index (χ2n) is 4.57.